The van der Waals surface area contributed by atoms with Crippen LogP contribution in [0.1, 0.15) is 25.3 Å². The van der Waals surface area contributed by atoms with Gasteiger partial charge in [0.1, 0.15) is 0 Å². The molecule has 0 fully saturated rings. The molecule has 0 aliphatic carbocycles. The Morgan fingerprint density at radius 2 is 2.27 bits per heavy atom. The third kappa shape index (κ3) is 2.72. The lowest BCUT2D eigenvalue weighted by atomic mass is 10.1. The van der Waals surface area contributed by atoms with Gasteiger partial charge in [0.15, 0.2) is 0 Å². The number of hydrogen-bond donors (Lipinski definition) is 1. The van der Waals surface area contributed by atoms with Gasteiger partial charge in [0.25, 0.3) is 0 Å². The maximum Gasteiger partial charge on any atom is 0.0466 e. The molecule has 1 heterocycles. The second-order valence-electron chi connectivity index (χ2n) is 4.04. The monoisotopic (exact) mass is 205 g/mol. The van der Waals surface area contributed by atoms with Crippen LogP contribution in [0.3, 0.4) is 0 Å². The molecule has 1 N–H and O–H groups in total. The normalized spacial score (nSPS) is 18.6. The first kappa shape index (κ1) is 10.5. The lowest BCUT2D eigenvalue weighted by Crippen LogP contribution is -2.15. The second-order valence-corrected chi connectivity index (χ2v) is 4.04. The highest BCUT2D eigenvalue weighted by Gasteiger charge is 2.18. The Labute approximate surface area is 91.6 Å². The standard InChI is InChI=1S/C13H19NO/c1-2-15-9-5-7-12-10-11-6-3-4-8-13(11)14-12/h3-4,6,8,12,14H,2,5,7,9-10H2,1H3. The SMILES string of the molecule is CCOCCCC1Cc2ccccc2N1. The van der Waals surface area contributed by atoms with Gasteiger partial charge in [-0.2, -0.15) is 0 Å². The van der Waals surface area contributed by atoms with E-state index in [1.54, 1.807) is 0 Å². The van der Waals surface area contributed by atoms with Gasteiger partial charge in [-0.15, -0.1) is 0 Å². The lowest BCUT2D eigenvalue weighted by molar-refractivity contribution is 0.142. The van der Waals surface area contributed by atoms with Crippen LogP contribution in [0, 0.1) is 0 Å². The Balaban J connectivity index is 1.76. The number of nitrogens with one attached hydrogen (secondary N) is 1. The topological polar surface area (TPSA) is 21.3 Å². The van der Waals surface area contributed by atoms with E-state index in [2.05, 4.69) is 29.6 Å². The summed E-state index contributed by atoms with van der Waals surface area (Å²) in [7, 11) is 0. The van der Waals surface area contributed by atoms with Gasteiger partial charge >= 0.3 is 0 Å². The van der Waals surface area contributed by atoms with Crippen molar-refractivity contribution in [1.29, 1.82) is 0 Å². The molecule has 2 rings (SSSR count). The van der Waals surface area contributed by atoms with E-state index in [4.69, 9.17) is 4.74 Å². The molecule has 2 nitrogen and oxygen atoms in total. The van der Waals surface area contributed by atoms with Crippen molar-refractivity contribution >= 4 is 5.69 Å². The summed E-state index contributed by atoms with van der Waals surface area (Å²) in [4.78, 5) is 0. The van der Waals surface area contributed by atoms with E-state index in [9.17, 15) is 0 Å². The van der Waals surface area contributed by atoms with Crippen LogP contribution in [-0.4, -0.2) is 19.3 Å². The third-order valence-corrected chi connectivity index (χ3v) is 2.89. The second kappa shape index (κ2) is 5.17. The summed E-state index contributed by atoms with van der Waals surface area (Å²) in [5.41, 5.74) is 2.78. The van der Waals surface area contributed by atoms with Gasteiger partial charge in [-0.3, -0.25) is 0 Å². The molecule has 1 aliphatic rings. The average Bonchev–Trinajstić information content (AvgIpc) is 2.67. The van der Waals surface area contributed by atoms with Crippen molar-refractivity contribution in [3.8, 4) is 0 Å². The first-order chi connectivity index (χ1) is 7.40. The van der Waals surface area contributed by atoms with E-state index in [0.717, 1.165) is 19.6 Å². The molecule has 0 bridgehead atoms. The fraction of sp³-hybridized carbons (Fsp3) is 0.538. The van der Waals surface area contributed by atoms with E-state index in [-0.39, 0.29) is 0 Å². The van der Waals surface area contributed by atoms with Crippen molar-refractivity contribution in [2.45, 2.75) is 32.2 Å². The fourth-order valence-electron chi connectivity index (χ4n) is 2.13. The van der Waals surface area contributed by atoms with Crippen molar-refractivity contribution in [1.82, 2.24) is 0 Å². The van der Waals surface area contributed by atoms with Crippen LogP contribution < -0.4 is 5.32 Å². The van der Waals surface area contributed by atoms with Crippen LogP contribution in [0.2, 0.25) is 0 Å². The summed E-state index contributed by atoms with van der Waals surface area (Å²) in [6, 6.07) is 9.20. The number of rotatable bonds is 5. The minimum atomic E-state index is 0.614. The van der Waals surface area contributed by atoms with Crippen molar-refractivity contribution in [2.24, 2.45) is 0 Å². The number of benzene rings is 1. The quantitative estimate of drug-likeness (QED) is 0.746. The first-order valence-corrected chi connectivity index (χ1v) is 5.82. The fourth-order valence-corrected chi connectivity index (χ4v) is 2.13. The maximum atomic E-state index is 5.34. The largest absolute Gasteiger partial charge is 0.382 e. The molecule has 1 unspecified atom stereocenters. The molecule has 82 valence electrons. The Bertz CT molecular complexity index is 286. The van der Waals surface area contributed by atoms with E-state index in [1.165, 1.54) is 24.1 Å². The van der Waals surface area contributed by atoms with Gasteiger partial charge in [-0.25, -0.2) is 0 Å². The van der Waals surface area contributed by atoms with Gasteiger partial charge in [0, 0.05) is 24.9 Å². The molecule has 0 saturated heterocycles. The summed E-state index contributed by atoms with van der Waals surface area (Å²) in [6.45, 7) is 3.77. The number of para-hydroxylation sites is 1. The number of fused-ring (bicyclic) bond motifs is 1. The van der Waals surface area contributed by atoms with Gasteiger partial charge in [0.2, 0.25) is 0 Å². The smallest absolute Gasteiger partial charge is 0.0466 e. The molecule has 0 radical (unpaired) electrons. The van der Waals surface area contributed by atoms with Crippen LogP contribution in [0.25, 0.3) is 0 Å². The summed E-state index contributed by atoms with van der Waals surface area (Å²) < 4.78 is 5.34. The molecule has 2 heteroatoms. The van der Waals surface area contributed by atoms with Gasteiger partial charge in [0.05, 0.1) is 0 Å². The van der Waals surface area contributed by atoms with Gasteiger partial charge < -0.3 is 10.1 Å². The molecule has 1 aromatic carbocycles. The highest BCUT2D eigenvalue weighted by molar-refractivity contribution is 5.56. The van der Waals surface area contributed by atoms with Crippen molar-refractivity contribution in [2.75, 3.05) is 18.5 Å². The average molecular weight is 205 g/mol. The van der Waals surface area contributed by atoms with Crippen LogP contribution in [0.5, 0.6) is 0 Å². The number of anilines is 1. The van der Waals surface area contributed by atoms with Crippen molar-refractivity contribution in [3.05, 3.63) is 29.8 Å². The Hall–Kier alpha value is -1.02. The zero-order valence-corrected chi connectivity index (χ0v) is 9.33. The third-order valence-electron chi connectivity index (χ3n) is 2.89. The predicted molar refractivity (Wildman–Crippen MR) is 63.3 cm³/mol. The molecule has 1 aliphatic heterocycles. The lowest BCUT2D eigenvalue weighted by Gasteiger charge is -2.10. The van der Waals surface area contributed by atoms with E-state index >= 15 is 0 Å². The minimum Gasteiger partial charge on any atom is -0.382 e. The van der Waals surface area contributed by atoms with Crippen LogP contribution in [-0.2, 0) is 11.2 Å². The zero-order valence-electron chi connectivity index (χ0n) is 9.33. The van der Waals surface area contributed by atoms with Crippen molar-refractivity contribution < 1.29 is 4.74 Å². The summed E-state index contributed by atoms with van der Waals surface area (Å²) in [5, 5.41) is 3.56. The van der Waals surface area contributed by atoms with Gasteiger partial charge in [-0.1, -0.05) is 18.2 Å². The maximum absolute atomic E-state index is 5.34. The summed E-state index contributed by atoms with van der Waals surface area (Å²) in [5.74, 6) is 0. The summed E-state index contributed by atoms with van der Waals surface area (Å²) >= 11 is 0. The number of ether oxygens (including phenoxy) is 1. The molecule has 0 aromatic heterocycles. The molecular weight excluding hydrogens is 186 g/mol. The predicted octanol–water partition coefficient (Wildman–Crippen LogP) is 2.84. The highest BCUT2D eigenvalue weighted by atomic mass is 16.5. The van der Waals surface area contributed by atoms with Crippen molar-refractivity contribution in [3.63, 3.8) is 0 Å². The minimum absolute atomic E-state index is 0.614. The Morgan fingerprint density at radius 1 is 1.40 bits per heavy atom. The molecule has 0 amide bonds. The zero-order chi connectivity index (χ0) is 10.5. The van der Waals surface area contributed by atoms with Crippen LogP contribution in [0.4, 0.5) is 5.69 Å². The highest BCUT2D eigenvalue weighted by Crippen LogP contribution is 2.26. The molecule has 1 atom stereocenters. The first-order valence-electron chi connectivity index (χ1n) is 5.82. The Kier molecular flexibility index (Phi) is 3.62. The number of hydrogen-bond acceptors (Lipinski definition) is 2. The summed E-state index contributed by atoms with van der Waals surface area (Å²) in [6.07, 6.45) is 3.52. The van der Waals surface area contributed by atoms with E-state index in [1.807, 2.05) is 6.92 Å². The van der Waals surface area contributed by atoms with Crippen LogP contribution in [0.15, 0.2) is 24.3 Å². The molecule has 0 saturated carbocycles. The Morgan fingerprint density at radius 3 is 3.07 bits per heavy atom. The van der Waals surface area contributed by atoms with Crippen LogP contribution >= 0.6 is 0 Å². The molecule has 15 heavy (non-hydrogen) atoms. The van der Waals surface area contributed by atoms with E-state index in [0.29, 0.717) is 6.04 Å². The molecule has 0 spiro atoms. The molecular formula is C13H19NO. The molecule has 1 aromatic rings. The van der Waals surface area contributed by atoms with E-state index < -0.39 is 0 Å². The van der Waals surface area contributed by atoms with Gasteiger partial charge in [-0.05, 0) is 37.8 Å².